The second-order valence-corrected chi connectivity index (χ2v) is 5.71. The molecule has 0 aromatic heterocycles. The maximum atomic E-state index is 12.7. The molecular formula is C11H15BF4KNO3S. The van der Waals surface area contributed by atoms with Crippen molar-refractivity contribution in [1.29, 1.82) is 0 Å². The molecule has 4 nitrogen and oxygen atoms in total. The van der Waals surface area contributed by atoms with E-state index in [4.69, 9.17) is 5.73 Å². The van der Waals surface area contributed by atoms with Gasteiger partial charge in [0.25, 0.3) is 0 Å². The van der Waals surface area contributed by atoms with Crippen molar-refractivity contribution in [3.8, 4) is 5.75 Å². The quantitative estimate of drug-likeness (QED) is 0.437. The Hall–Kier alpha value is 0.351. The van der Waals surface area contributed by atoms with Crippen LogP contribution in [0.25, 0.3) is 0 Å². The van der Waals surface area contributed by atoms with E-state index >= 15 is 0 Å². The van der Waals surface area contributed by atoms with Gasteiger partial charge in [0.15, 0.2) is 5.75 Å². The Labute approximate surface area is 169 Å². The average Bonchev–Trinajstić information content (AvgIpc) is 2.29. The van der Waals surface area contributed by atoms with Crippen molar-refractivity contribution in [2.45, 2.75) is 33.6 Å². The summed E-state index contributed by atoms with van der Waals surface area (Å²) in [5, 5.41) is 0. The van der Waals surface area contributed by atoms with Crippen LogP contribution in [-0.2, 0) is 23.4 Å². The summed E-state index contributed by atoms with van der Waals surface area (Å²) in [6.45, 7) is -1.11. The molecule has 11 heteroatoms. The van der Waals surface area contributed by atoms with Crippen molar-refractivity contribution in [3.05, 3.63) is 27.8 Å². The third kappa shape index (κ3) is 5.77. The fourth-order valence-electron chi connectivity index (χ4n) is 2.37. The predicted molar refractivity (Wildman–Crippen MR) is 72.0 cm³/mol. The zero-order valence-corrected chi connectivity index (χ0v) is 16.7. The van der Waals surface area contributed by atoms with E-state index in [9.17, 15) is 25.3 Å². The standard InChI is InChI=1S/C11H15BF4NO3S.K/c1-6-9(4-12(13,14)15)7(2)11(20-21(16,18)19)8(3)10(6)5-17;/h4-5,17H2,1-3H3;/q-1;+1. The molecule has 0 heterocycles. The molecule has 0 amide bonds. The van der Waals surface area contributed by atoms with Crippen LogP contribution in [0.5, 0.6) is 5.75 Å². The van der Waals surface area contributed by atoms with E-state index in [0.717, 1.165) is 0 Å². The minimum atomic E-state index is -5.34. The maximum absolute atomic E-state index is 12.7. The fourth-order valence-corrected chi connectivity index (χ4v) is 2.82. The van der Waals surface area contributed by atoms with Gasteiger partial charge in [-0.1, -0.05) is 15.8 Å². The second-order valence-electron chi connectivity index (χ2n) is 4.76. The van der Waals surface area contributed by atoms with Crippen LogP contribution in [0, 0.1) is 20.8 Å². The molecule has 1 aromatic carbocycles. The molecule has 0 atom stereocenters. The summed E-state index contributed by atoms with van der Waals surface area (Å²) in [6.07, 6.45) is -1.21. The summed E-state index contributed by atoms with van der Waals surface area (Å²) in [5.74, 6) is -0.432. The third-order valence-corrected chi connectivity index (χ3v) is 3.68. The molecule has 1 rings (SSSR count). The normalized spacial score (nSPS) is 12.0. The summed E-state index contributed by atoms with van der Waals surface area (Å²) in [6, 6.07) is 0. The Morgan fingerprint density at radius 3 is 1.86 bits per heavy atom. The van der Waals surface area contributed by atoms with Crippen molar-refractivity contribution < 1.29 is 80.8 Å². The molecule has 0 aliphatic rings. The van der Waals surface area contributed by atoms with E-state index in [1.54, 1.807) is 0 Å². The molecule has 0 fully saturated rings. The largest absolute Gasteiger partial charge is 1.00 e. The van der Waals surface area contributed by atoms with E-state index in [-0.39, 0.29) is 74.6 Å². The molecule has 0 saturated heterocycles. The number of halogens is 4. The van der Waals surface area contributed by atoms with Crippen LogP contribution in [0.2, 0.25) is 0 Å². The molecule has 0 aliphatic carbocycles. The van der Waals surface area contributed by atoms with Crippen molar-refractivity contribution in [1.82, 2.24) is 0 Å². The molecule has 22 heavy (non-hydrogen) atoms. The van der Waals surface area contributed by atoms with Gasteiger partial charge in [-0.2, -0.15) is 8.42 Å². The summed E-state index contributed by atoms with van der Waals surface area (Å²) in [7, 11) is -5.34. The summed E-state index contributed by atoms with van der Waals surface area (Å²) in [5.41, 5.74) is 6.15. The van der Waals surface area contributed by atoms with Crippen molar-refractivity contribution in [2.75, 3.05) is 0 Å². The first-order valence-corrected chi connectivity index (χ1v) is 7.35. The van der Waals surface area contributed by atoms with Crippen LogP contribution >= 0.6 is 0 Å². The molecule has 120 valence electrons. The van der Waals surface area contributed by atoms with E-state index in [2.05, 4.69) is 4.18 Å². The first-order chi connectivity index (χ1) is 9.37. The molecule has 2 N–H and O–H groups in total. The number of rotatable bonds is 5. The Morgan fingerprint density at radius 1 is 1.05 bits per heavy atom. The average molecular weight is 367 g/mol. The minimum Gasteiger partial charge on any atom is -0.449 e. The number of benzene rings is 1. The molecule has 1 aromatic rings. The summed E-state index contributed by atoms with van der Waals surface area (Å²) < 4.78 is 76.4. The van der Waals surface area contributed by atoms with Gasteiger partial charge in [0.2, 0.25) is 0 Å². The van der Waals surface area contributed by atoms with Crippen LogP contribution in [0.3, 0.4) is 0 Å². The van der Waals surface area contributed by atoms with Gasteiger partial charge in [0, 0.05) is 6.54 Å². The van der Waals surface area contributed by atoms with Gasteiger partial charge >= 0.3 is 68.9 Å². The van der Waals surface area contributed by atoms with Crippen molar-refractivity contribution >= 4 is 17.5 Å². The Morgan fingerprint density at radius 2 is 1.50 bits per heavy atom. The van der Waals surface area contributed by atoms with Crippen LogP contribution in [0.15, 0.2) is 0 Å². The molecule has 0 bridgehead atoms. The minimum absolute atomic E-state index is 0. The number of nitrogens with two attached hydrogens (primary N) is 1. The molecule has 0 aliphatic heterocycles. The van der Waals surface area contributed by atoms with Crippen LogP contribution < -0.4 is 61.3 Å². The number of hydrogen-bond donors (Lipinski definition) is 1. The van der Waals surface area contributed by atoms with Crippen molar-refractivity contribution in [3.63, 3.8) is 0 Å². The van der Waals surface area contributed by atoms with Gasteiger partial charge < -0.3 is 22.9 Å². The Balaban J connectivity index is 0.00000441. The molecule has 0 unspecified atom stereocenters. The summed E-state index contributed by atoms with van der Waals surface area (Å²) in [4.78, 5) is 0. The van der Waals surface area contributed by atoms with Gasteiger partial charge in [0.1, 0.15) is 0 Å². The maximum Gasteiger partial charge on any atom is 1.00 e. The second kappa shape index (κ2) is 7.95. The van der Waals surface area contributed by atoms with Crippen LogP contribution in [0.1, 0.15) is 27.8 Å². The fraction of sp³-hybridized carbons (Fsp3) is 0.455. The topological polar surface area (TPSA) is 69.4 Å². The van der Waals surface area contributed by atoms with E-state index < -0.39 is 29.6 Å². The molecule has 0 radical (unpaired) electrons. The third-order valence-electron chi connectivity index (χ3n) is 3.31. The van der Waals surface area contributed by atoms with Crippen LogP contribution in [0.4, 0.5) is 16.8 Å². The van der Waals surface area contributed by atoms with Gasteiger partial charge in [-0.3, -0.25) is 0 Å². The Kier molecular flexibility index (Phi) is 8.08. The SMILES string of the molecule is Cc1c(CN)c(C)c(OS(=O)(=O)F)c(C)c1C[B-](F)(F)F.[K+]. The monoisotopic (exact) mass is 367 g/mol. The number of hydrogen-bond acceptors (Lipinski definition) is 4. The molecule has 0 saturated carbocycles. The van der Waals surface area contributed by atoms with Gasteiger partial charge in [-0.15, -0.1) is 0 Å². The molecular weight excluding hydrogens is 352 g/mol. The van der Waals surface area contributed by atoms with Gasteiger partial charge in [-0.25, -0.2) is 0 Å². The summed E-state index contributed by atoms with van der Waals surface area (Å²) >= 11 is 0. The Bertz CT molecular complexity index is 665. The first kappa shape index (κ1) is 22.4. The van der Waals surface area contributed by atoms with Crippen LogP contribution in [-0.4, -0.2) is 15.4 Å². The zero-order chi connectivity index (χ0) is 16.6. The van der Waals surface area contributed by atoms with Crippen molar-refractivity contribution in [2.24, 2.45) is 5.73 Å². The van der Waals surface area contributed by atoms with E-state index in [1.165, 1.54) is 20.8 Å². The van der Waals surface area contributed by atoms with Gasteiger partial charge in [0.05, 0.1) is 0 Å². The zero-order valence-electron chi connectivity index (χ0n) is 12.7. The van der Waals surface area contributed by atoms with Gasteiger partial charge in [-0.05, 0) is 43.0 Å². The predicted octanol–water partition coefficient (Wildman–Crippen LogP) is -0.403. The smallest absolute Gasteiger partial charge is 0.449 e. The first-order valence-electron chi connectivity index (χ1n) is 6.04. The molecule has 0 spiro atoms. The van der Waals surface area contributed by atoms with E-state index in [1.807, 2.05) is 0 Å². The van der Waals surface area contributed by atoms with E-state index in [0.29, 0.717) is 11.1 Å².